The summed E-state index contributed by atoms with van der Waals surface area (Å²) in [6.45, 7) is 4.40. The molecule has 1 N–H and O–H groups in total. The number of nitrogens with one attached hydrogen (secondary N) is 1. The molecule has 8 heteroatoms. The lowest BCUT2D eigenvalue weighted by Crippen LogP contribution is -2.38. The van der Waals surface area contributed by atoms with Gasteiger partial charge >= 0.3 is 6.18 Å². The molecule has 2 heterocycles. The molecule has 1 aromatic heterocycles. The molecule has 5 nitrogen and oxygen atoms in total. The first-order valence-corrected chi connectivity index (χ1v) is 6.90. The molecule has 0 saturated carbocycles. The van der Waals surface area contributed by atoms with Gasteiger partial charge in [0, 0.05) is 32.2 Å². The largest absolute Gasteiger partial charge is 0.451 e. The molecule has 0 amide bonds. The predicted molar refractivity (Wildman–Crippen MR) is 75.5 cm³/mol. The number of rotatable bonds is 2. The van der Waals surface area contributed by atoms with Crippen LogP contribution in [0.15, 0.2) is 6.07 Å². The van der Waals surface area contributed by atoms with Gasteiger partial charge in [0.15, 0.2) is 0 Å². The second-order valence-corrected chi connectivity index (χ2v) is 5.34. The quantitative estimate of drug-likeness (QED) is 0.906. The van der Waals surface area contributed by atoms with Gasteiger partial charge in [-0.1, -0.05) is 0 Å². The summed E-state index contributed by atoms with van der Waals surface area (Å²) in [6, 6.07) is 1.66. The summed E-state index contributed by atoms with van der Waals surface area (Å²) in [6.07, 6.45) is -3.66. The maximum Gasteiger partial charge on any atom is 0.451 e. The first-order chi connectivity index (χ1) is 9.81. The summed E-state index contributed by atoms with van der Waals surface area (Å²) in [7, 11) is 3.56. The highest BCUT2D eigenvalue weighted by molar-refractivity contribution is 5.50. The Morgan fingerprint density at radius 3 is 2.62 bits per heavy atom. The molecule has 1 atom stereocenters. The first kappa shape index (κ1) is 15.8. The Hall–Kier alpha value is -1.57. The Labute approximate surface area is 122 Å². The van der Waals surface area contributed by atoms with Crippen LogP contribution in [0.25, 0.3) is 0 Å². The normalized spacial score (nSPS) is 21.2. The van der Waals surface area contributed by atoms with Gasteiger partial charge < -0.3 is 15.1 Å². The zero-order chi connectivity index (χ0) is 15.6. The third-order valence-corrected chi connectivity index (χ3v) is 3.56. The minimum atomic E-state index is -4.55. The van der Waals surface area contributed by atoms with E-state index in [0.29, 0.717) is 12.4 Å². The fraction of sp³-hybridized carbons (Fsp3) is 0.692. The van der Waals surface area contributed by atoms with Crippen LogP contribution >= 0.6 is 0 Å². The summed E-state index contributed by atoms with van der Waals surface area (Å²) >= 11 is 0. The van der Waals surface area contributed by atoms with Gasteiger partial charge in [-0.2, -0.15) is 13.2 Å². The fourth-order valence-corrected chi connectivity index (χ4v) is 2.55. The Bertz CT molecular complexity index is 491. The van der Waals surface area contributed by atoms with Crippen molar-refractivity contribution in [3.8, 4) is 0 Å². The van der Waals surface area contributed by atoms with E-state index in [0.717, 1.165) is 19.5 Å². The van der Waals surface area contributed by atoms with Crippen molar-refractivity contribution in [3.63, 3.8) is 0 Å². The summed E-state index contributed by atoms with van der Waals surface area (Å²) < 4.78 is 38.7. The van der Waals surface area contributed by atoms with Gasteiger partial charge in [-0.15, -0.1) is 0 Å². The lowest BCUT2D eigenvalue weighted by atomic mass is 10.2. The zero-order valence-corrected chi connectivity index (χ0v) is 12.4. The molecule has 0 aromatic carbocycles. The van der Waals surface area contributed by atoms with Crippen LogP contribution in [0, 0.1) is 0 Å². The highest BCUT2D eigenvalue weighted by atomic mass is 19.4. The smallest absolute Gasteiger partial charge is 0.373 e. The molecule has 1 saturated heterocycles. The topological polar surface area (TPSA) is 44.3 Å². The molecule has 0 spiro atoms. The second-order valence-electron chi connectivity index (χ2n) is 5.34. The SMILES string of the molecule is CNc1cc(N2CCCN(C)CC2C)nc(C(F)(F)F)n1. The molecule has 118 valence electrons. The minimum Gasteiger partial charge on any atom is -0.373 e. The molecule has 1 unspecified atom stereocenters. The van der Waals surface area contributed by atoms with Crippen molar-refractivity contribution in [2.45, 2.75) is 25.6 Å². The van der Waals surface area contributed by atoms with Crippen LogP contribution in [-0.4, -0.2) is 54.6 Å². The van der Waals surface area contributed by atoms with E-state index in [1.165, 1.54) is 0 Å². The fourth-order valence-electron chi connectivity index (χ4n) is 2.55. The molecule has 2 rings (SSSR count). The molecule has 1 aromatic rings. The maximum absolute atomic E-state index is 12.9. The summed E-state index contributed by atoms with van der Waals surface area (Å²) in [5, 5.41) is 2.67. The van der Waals surface area contributed by atoms with Gasteiger partial charge in [0.05, 0.1) is 0 Å². The number of alkyl halides is 3. The Kier molecular flexibility index (Phi) is 4.55. The summed E-state index contributed by atoms with van der Waals surface area (Å²) in [5.41, 5.74) is 0. The van der Waals surface area contributed by atoms with E-state index in [2.05, 4.69) is 20.2 Å². The van der Waals surface area contributed by atoms with Gasteiger partial charge in [-0.05, 0) is 26.9 Å². The van der Waals surface area contributed by atoms with Crippen molar-refractivity contribution < 1.29 is 13.2 Å². The van der Waals surface area contributed by atoms with Crippen molar-refractivity contribution in [1.82, 2.24) is 14.9 Å². The number of halogens is 3. The predicted octanol–water partition coefficient (Wildman–Crippen LogP) is 2.07. The Morgan fingerprint density at radius 1 is 1.29 bits per heavy atom. The van der Waals surface area contributed by atoms with E-state index in [4.69, 9.17) is 0 Å². The number of hydrogen-bond acceptors (Lipinski definition) is 5. The average Bonchev–Trinajstić information content (AvgIpc) is 2.57. The van der Waals surface area contributed by atoms with Gasteiger partial charge in [0.1, 0.15) is 11.6 Å². The van der Waals surface area contributed by atoms with Crippen molar-refractivity contribution >= 4 is 11.6 Å². The van der Waals surface area contributed by atoms with Gasteiger partial charge in [0.25, 0.3) is 0 Å². The van der Waals surface area contributed by atoms with E-state index < -0.39 is 12.0 Å². The highest BCUT2D eigenvalue weighted by Gasteiger charge is 2.36. The third-order valence-electron chi connectivity index (χ3n) is 3.56. The number of anilines is 2. The highest BCUT2D eigenvalue weighted by Crippen LogP contribution is 2.30. The van der Waals surface area contributed by atoms with Crippen molar-refractivity contribution in [2.24, 2.45) is 0 Å². The molecule has 1 aliphatic heterocycles. The molecular formula is C13H20F3N5. The molecule has 0 bridgehead atoms. The monoisotopic (exact) mass is 303 g/mol. The molecule has 1 aliphatic rings. The van der Waals surface area contributed by atoms with Crippen LogP contribution in [-0.2, 0) is 6.18 Å². The lowest BCUT2D eigenvalue weighted by molar-refractivity contribution is -0.144. The second kappa shape index (κ2) is 6.05. The van der Waals surface area contributed by atoms with E-state index >= 15 is 0 Å². The molecule has 0 aliphatic carbocycles. The van der Waals surface area contributed by atoms with Crippen LogP contribution in [0.3, 0.4) is 0 Å². The van der Waals surface area contributed by atoms with E-state index in [1.807, 2.05) is 18.9 Å². The third kappa shape index (κ3) is 3.75. The first-order valence-electron chi connectivity index (χ1n) is 6.90. The van der Waals surface area contributed by atoms with Crippen LogP contribution in [0.5, 0.6) is 0 Å². The van der Waals surface area contributed by atoms with Crippen molar-refractivity contribution in [3.05, 3.63) is 11.9 Å². The van der Waals surface area contributed by atoms with Gasteiger partial charge in [-0.3, -0.25) is 0 Å². The number of aromatic nitrogens is 2. The number of nitrogens with zero attached hydrogens (tertiary/aromatic N) is 4. The van der Waals surface area contributed by atoms with Crippen molar-refractivity contribution in [1.29, 1.82) is 0 Å². The average molecular weight is 303 g/mol. The molecule has 1 fully saturated rings. The zero-order valence-electron chi connectivity index (χ0n) is 12.4. The van der Waals surface area contributed by atoms with Crippen LogP contribution < -0.4 is 10.2 Å². The maximum atomic E-state index is 12.9. The van der Waals surface area contributed by atoms with E-state index in [9.17, 15) is 13.2 Å². The molecular weight excluding hydrogens is 283 g/mol. The molecule has 21 heavy (non-hydrogen) atoms. The lowest BCUT2D eigenvalue weighted by Gasteiger charge is -2.29. The van der Waals surface area contributed by atoms with Gasteiger partial charge in [-0.25, -0.2) is 9.97 Å². The van der Waals surface area contributed by atoms with Crippen LogP contribution in [0.1, 0.15) is 19.2 Å². The summed E-state index contributed by atoms with van der Waals surface area (Å²) in [5.74, 6) is -0.601. The summed E-state index contributed by atoms with van der Waals surface area (Å²) in [4.78, 5) is 11.3. The molecule has 0 radical (unpaired) electrons. The number of likely N-dealkylation sites (N-methyl/N-ethyl adjacent to an activating group) is 1. The Morgan fingerprint density at radius 2 is 2.00 bits per heavy atom. The Balaban J connectivity index is 2.37. The van der Waals surface area contributed by atoms with Crippen LogP contribution in [0.2, 0.25) is 0 Å². The minimum absolute atomic E-state index is 0.0955. The number of hydrogen-bond donors (Lipinski definition) is 1. The standard InChI is InChI=1S/C13H20F3N5/c1-9-8-20(3)5-4-6-21(9)11-7-10(17-2)18-12(19-11)13(14,15)16/h7,9H,4-6,8H2,1-3H3,(H,17,18,19). The van der Waals surface area contributed by atoms with Gasteiger partial charge in [0.2, 0.25) is 5.82 Å². The van der Waals surface area contributed by atoms with Crippen LogP contribution in [0.4, 0.5) is 24.8 Å². The van der Waals surface area contributed by atoms with Crippen molar-refractivity contribution in [2.75, 3.05) is 43.9 Å². The van der Waals surface area contributed by atoms with E-state index in [-0.39, 0.29) is 11.9 Å². The van der Waals surface area contributed by atoms with E-state index in [1.54, 1.807) is 13.1 Å².